The number of anilines is 1. The number of aryl methyl sites for hydroxylation is 1. The lowest BCUT2D eigenvalue weighted by Crippen LogP contribution is -2.06. The highest BCUT2D eigenvalue weighted by Crippen LogP contribution is 2.33. The van der Waals surface area contributed by atoms with Gasteiger partial charge in [0.15, 0.2) is 10.9 Å². The second kappa shape index (κ2) is 6.05. The molecule has 0 aliphatic rings. The van der Waals surface area contributed by atoms with Crippen molar-refractivity contribution in [3.05, 3.63) is 58.7 Å². The second-order valence-corrected chi connectivity index (χ2v) is 5.75. The summed E-state index contributed by atoms with van der Waals surface area (Å²) < 4.78 is 5.31. The summed E-state index contributed by atoms with van der Waals surface area (Å²) in [5.74, 6) is 0.196. The van der Waals surface area contributed by atoms with Crippen molar-refractivity contribution in [3.63, 3.8) is 0 Å². The van der Waals surface area contributed by atoms with E-state index in [0.717, 1.165) is 16.9 Å². The van der Waals surface area contributed by atoms with Gasteiger partial charge in [0.1, 0.15) is 10.6 Å². The molecule has 3 rings (SSSR count). The van der Waals surface area contributed by atoms with Crippen LogP contribution in [0.5, 0.6) is 0 Å². The number of carbonyl (C=O) groups excluding carboxylic acids is 1. The van der Waals surface area contributed by atoms with Crippen molar-refractivity contribution >= 4 is 28.3 Å². The molecule has 116 valence electrons. The van der Waals surface area contributed by atoms with Gasteiger partial charge in [-0.15, -0.1) is 0 Å². The van der Waals surface area contributed by atoms with Crippen LogP contribution < -0.4 is 5.32 Å². The highest BCUT2D eigenvalue weighted by Gasteiger charge is 2.23. The first-order valence-corrected chi connectivity index (χ1v) is 7.53. The van der Waals surface area contributed by atoms with E-state index < -0.39 is 6.09 Å². The zero-order valence-corrected chi connectivity index (χ0v) is 12.9. The van der Waals surface area contributed by atoms with Crippen molar-refractivity contribution in [2.24, 2.45) is 0 Å². The van der Waals surface area contributed by atoms with Crippen molar-refractivity contribution in [2.45, 2.75) is 6.92 Å². The average molecular weight is 328 g/mol. The molecular weight excluding hydrogens is 316 g/mol. The number of carbonyl (C=O) groups is 2. The van der Waals surface area contributed by atoms with E-state index in [1.807, 2.05) is 19.1 Å². The third-order valence-corrected chi connectivity index (χ3v) is 4.16. The van der Waals surface area contributed by atoms with Gasteiger partial charge in [0.05, 0.1) is 6.26 Å². The number of rotatable bonds is 4. The second-order valence-electron chi connectivity index (χ2n) is 4.75. The summed E-state index contributed by atoms with van der Waals surface area (Å²) in [4.78, 5) is 28.2. The molecule has 7 heteroatoms. The number of amides is 1. The number of benzene rings is 1. The Bertz CT molecular complexity index is 868. The highest BCUT2D eigenvalue weighted by atomic mass is 32.1. The van der Waals surface area contributed by atoms with E-state index in [9.17, 15) is 9.59 Å². The molecule has 2 heterocycles. The molecule has 0 saturated carbocycles. The molecule has 0 aliphatic carbocycles. The first kappa shape index (κ1) is 15.0. The number of carboxylic acid groups (broad SMARTS) is 1. The number of ketones is 1. The van der Waals surface area contributed by atoms with Gasteiger partial charge >= 0.3 is 6.09 Å². The third kappa shape index (κ3) is 3.00. The first-order chi connectivity index (χ1) is 11.1. The van der Waals surface area contributed by atoms with Crippen LogP contribution in [0.3, 0.4) is 0 Å². The van der Waals surface area contributed by atoms with E-state index in [2.05, 4.69) is 10.3 Å². The number of thiazole rings is 1. The quantitative estimate of drug-likeness (QED) is 0.705. The number of nitrogens with one attached hydrogen (secondary N) is 1. The fraction of sp³-hybridized carbons (Fsp3) is 0.0625. The molecule has 1 amide bonds. The number of hydrogen-bond acceptors (Lipinski definition) is 5. The van der Waals surface area contributed by atoms with Crippen LogP contribution >= 0.6 is 11.3 Å². The smallest absolute Gasteiger partial charge is 0.410 e. The van der Waals surface area contributed by atoms with Gasteiger partial charge in [0.2, 0.25) is 5.78 Å². The molecule has 0 saturated heterocycles. The van der Waals surface area contributed by atoms with E-state index in [4.69, 9.17) is 9.52 Å². The first-order valence-electron chi connectivity index (χ1n) is 6.71. The lowest BCUT2D eigenvalue weighted by Gasteiger charge is -2.03. The maximum absolute atomic E-state index is 12.8. The van der Waals surface area contributed by atoms with Crippen LogP contribution in [0.15, 0.2) is 47.1 Å². The molecule has 0 spiro atoms. The highest BCUT2D eigenvalue weighted by molar-refractivity contribution is 7.18. The van der Waals surface area contributed by atoms with E-state index in [-0.39, 0.29) is 10.9 Å². The van der Waals surface area contributed by atoms with Crippen molar-refractivity contribution in [1.29, 1.82) is 0 Å². The van der Waals surface area contributed by atoms with Crippen LogP contribution in [-0.2, 0) is 0 Å². The Morgan fingerprint density at radius 2 is 2.00 bits per heavy atom. The Morgan fingerprint density at radius 1 is 1.22 bits per heavy atom. The van der Waals surface area contributed by atoms with Gasteiger partial charge in [-0.2, -0.15) is 0 Å². The molecule has 0 unspecified atom stereocenters. The van der Waals surface area contributed by atoms with Crippen molar-refractivity contribution in [3.8, 4) is 11.5 Å². The fourth-order valence-corrected chi connectivity index (χ4v) is 3.06. The van der Waals surface area contributed by atoms with Gasteiger partial charge in [0.25, 0.3) is 0 Å². The number of hydrogen-bond donors (Lipinski definition) is 2. The summed E-state index contributed by atoms with van der Waals surface area (Å²) in [7, 11) is 0. The van der Waals surface area contributed by atoms with Crippen molar-refractivity contribution in [1.82, 2.24) is 4.98 Å². The van der Waals surface area contributed by atoms with Gasteiger partial charge in [-0.3, -0.25) is 10.1 Å². The molecule has 1 aromatic carbocycles. The van der Waals surface area contributed by atoms with Gasteiger partial charge in [-0.1, -0.05) is 35.6 Å². The molecular formula is C16H12N2O4S. The minimum Gasteiger partial charge on any atom is -0.465 e. The molecule has 3 aromatic rings. The van der Waals surface area contributed by atoms with Crippen LogP contribution in [-0.4, -0.2) is 22.0 Å². The fourth-order valence-electron chi connectivity index (χ4n) is 2.15. The predicted octanol–water partition coefficient (Wildman–Crippen LogP) is 4.03. The summed E-state index contributed by atoms with van der Waals surface area (Å²) in [6, 6.07) is 10.6. The summed E-state index contributed by atoms with van der Waals surface area (Å²) in [5.41, 5.74) is 1.71. The molecule has 23 heavy (non-hydrogen) atoms. The van der Waals surface area contributed by atoms with Crippen molar-refractivity contribution in [2.75, 3.05) is 5.32 Å². The van der Waals surface area contributed by atoms with Crippen LogP contribution in [0, 0.1) is 6.92 Å². The summed E-state index contributed by atoms with van der Waals surface area (Å²) in [5, 5.41) is 11.1. The molecule has 0 fully saturated rings. The van der Waals surface area contributed by atoms with E-state index in [0.29, 0.717) is 21.9 Å². The minimum atomic E-state index is -1.24. The summed E-state index contributed by atoms with van der Waals surface area (Å²) >= 11 is 0.985. The normalized spacial score (nSPS) is 10.5. The molecule has 2 aromatic heterocycles. The monoisotopic (exact) mass is 328 g/mol. The van der Waals surface area contributed by atoms with Crippen LogP contribution in [0.4, 0.5) is 9.93 Å². The SMILES string of the molecule is Cc1ccccc1C(=O)c1sc(NC(=O)O)nc1-c1ccco1. The molecule has 2 N–H and O–H groups in total. The lowest BCUT2D eigenvalue weighted by atomic mass is 10.0. The number of nitrogens with zero attached hydrogens (tertiary/aromatic N) is 1. The van der Waals surface area contributed by atoms with Gasteiger partial charge in [-0.05, 0) is 24.6 Å². The van der Waals surface area contributed by atoms with Gasteiger partial charge < -0.3 is 9.52 Å². The molecule has 0 aliphatic heterocycles. The average Bonchev–Trinajstić information content (AvgIpc) is 3.15. The largest absolute Gasteiger partial charge is 0.465 e. The standard InChI is InChI=1S/C16H12N2O4S/c1-9-5-2-3-6-10(9)13(19)14-12(11-7-4-8-22-11)17-15(23-14)18-16(20)21/h2-8H,1H3,(H,17,18)(H,20,21). The van der Waals surface area contributed by atoms with Crippen LogP contribution in [0.25, 0.3) is 11.5 Å². The Morgan fingerprint density at radius 3 is 2.65 bits per heavy atom. The Kier molecular flexibility index (Phi) is 3.94. The topological polar surface area (TPSA) is 92.4 Å². The Hall–Kier alpha value is -2.93. The van der Waals surface area contributed by atoms with E-state index >= 15 is 0 Å². The van der Waals surface area contributed by atoms with E-state index in [1.165, 1.54) is 6.26 Å². The zero-order chi connectivity index (χ0) is 16.4. The zero-order valence-electron chi connectivity index (χ0n) is 12.1. The van der Waals surface area contributed by atoms with E-state index in [1.54, 1.807) is 24.3 Å². The van der Waals surface area contributed by atoms with Crippen LogP contribution in [0.1, 0.15) is 20.8 Å². The minimum absolute atomic E-state index is 0.126. The summed E-state index contributed by atoms with van der Waals surface area (Å²) in [6.45, 7) is 1.84. The predicted molar refractivity (Wildman–Crippen MR) is 86.1 cm³/mol. The van der Waals surface area contributed by atoms with Gasteiger partial charge in [0, 0.05) is 5.56 Å². The third-order valence-electron chi connectivity index (χ3n) is 3.19. The Labute approximate surface area is 135 Å². The molecule has 0 radical (unpaired) electrons. The maximum Gasteiger partial charge on any atom is 0.410 e. The van der Waals surface area contributed by atoms with Crippen molar-refractivity contribution < 1.29 is 19.1 Å². The van der Waals surface area contributed by atoms with Gasteiger partial charge in [-0.25, -0.2) is 9.78 Å². The molecule has 0 atom stereocenters. The summed E-state index contributed by atoms with van der Waals surface area (Å²) in [6.07, 6.45) is 0.237. The van der Waals surface area contributed by atoms with Crippen LogP contribution in [0.2, 0.25) is 0 Å². The number of furan rings is 1. The Balaban J connectivity index is 2.10. The maximum atomic E-state index is 12.8. The molecule has 0 bridgehead atoms. The lowest BCUT2D eigenvalue weighted by molar-refractivity contribution is 0.104. The molecule has 6 nitrogen and oxygen atoms in total. The number of aromatic nitrogens is 1.